The van der Waals surface area contributed by atoms with Gasteiger partial charge in [-0.05, 0) is 18.7 Å². The van der Waals surface area contributed by atoms with E-state index in [1.165, 1.54) is 0 Å². The third-order valence-electron chi connectivity index (χ3n) is 1.40. The summed E-state index contributed by atoms with van der Waals surface area (Å²) in [5.41, 5.74) is 7.33. The van der Waals surface area contributed by atoms with Crippen molar-refractivity contribution in [2.75, 3.05) is 12.3 Å². The molecule has 1 aromatic rings. The van der Waals surface area contributed by atoms with Crippen LogP contribution in [0.5, 0.6) is 0 Å². The lowest BCUT2D eigenvalue weighted by molar-refractivity contribution is 0.711. The lowest BCUT2D eigenvalue weighted by Gasteiger charge is -2.00. The van der Waals surface area contributed by atoms with Gasteiger partial charge < -0.3 is 11.1 Å². The van der Waals surface area contributed by atoms with Crippen molar-refractivity contribution in [1.29, 1.82) is 0 Å². The van der Waals surface area contributed by atoms with E-state index in [1.807, 2.05) is 6.07 Å². The summed E-state index contributed by atoms with van der Waals surface area (Å²) in [5.74, 6) is 0. The van der Waals surface area contributed by atoms with E-state index >= 15 is 0 Å². The zero-order valence-electron chi connectivity index (χ0n) is 6.67. The summed E-state index contributed by atoms with van der Waals surface area (Å²) in [6.45, 7) is 3.81. The van der Waals surface area contributed by atoms with E-state index in [1.54, 1.807) is 12.3 Å². The van der Waals surface area contributed by atoms with Crippen LogP contribution in [0.15, 0.2) is 18.3 Å². The fraction of sp³-hybridized carbons (Fsp3) is 0.375. The Labute approximate surface area is 66.6 Å². The number of rotatable bonds is 3. The molecular formula is C8H13N3. The number of pyridine rings is 1. The Morgan fingerprint density at radius 2 is 2.45 bits per heavy atom. The molecule has 0 saturated heterocycles. The smallest absolute Gasteiger partial charge is 0.0562 e. The summed E-state index contributed by atoms with van der Waals surface area (Å²) in [6.07, 6.45) is 1.72. The molecule has 0 aliphatic heterocycles. The van der Waals surface area contributed by atoms with Crippen LogP contribution >= 0.6 is 0 Å². The predicted octanol–water partition coefficient (Wildman–Crippen LogP) is 0.773. The maximum atomic E-state index is 5.56. The van der Waals surface area contributed by atoms with E-state index in [-0.39, 0.29) is 0 Å². The number of hydrogen-bond acceptors (Lipinski definition) is 3. The molecule has 0 unspecified atom stereocenters. The highest BCUT2D eigenvalue weighted by Gasteiger charge is 1.91. The fourth-order valence-electron chi connectivity index (χ4n) is 0.847. The Morgan fingerprint density at radius 1 is 1.64 bits per heavy atom. The molecule has 1 rings (SSSR count). The Kier molecular flexibility index (Phi) is 2.86. The number of hydrogen-bond donors (Lipinski definition) is 2. The molecule has 0 aliphatic rings. The molecule has 0 saturated carbocycles. The highest BCUT2D eigenvalue weighted by molar-refractivity contribution is 5.37. The van der Waals surface area contributed by atoms with Crippen molar-refractivity contribution in [1.82, 2.24) is 10.3 Å². The quantitative estimate of drug-likeness (QED) is 0.671. The summed E-state index contributed by atoms with van der Waals surface area (Å²) < 4.78 is 0. The molecule has 0 amide bonds. The molecular weight excluding hydrogens is 138 g/mol. The van der Waals surface area contributed by atoms with E-state index in [9.17, 15) is 0 Å². The van der Waals surface area contributed by atoms with Gasteiger partial charge in [-0.25, -0.2) is 0 Å². The first-order valence-corrected chi connectivity index (χ1v) is 3.74. The Hall–Kier alpha value is -1.09. The molecule has 1 heterocycles. The Bertz CT molecular complexity index is 222. The normalized spacial score (nSPS) is 9.91. The summed E-state index contributed by atoms with van der Waals surface area (Å²) >= 11 is 0. The molecule has 0 aliphatic carbocycles. The average Bonchev–Trinajstić information content (AvgIpc) is 2.01. The SMILES string of the molecule is CCNCc1cc(N)ccn1. The zero-order valence-corrected chi connectivity index (χ0v) is 6.67. The van der Waals surface area contributed by atoms with Gasteiger partial charge in [0.2, 0.25) is 0 Å². The molecule has 60 valence electrons. The number of nitrogens with one attached hydrogen (secondary N) is 1. The van der Waals surface area contributed by atoms with Crippen LogP contribution in [0, 0.1) is 0 Å². The second-order valence-corrected chi connectivity index (χ2v) is 2.36. The lowest BCUT2D eigenvalue weighted by atomic mass is 10.3. The Morgan fingerprint density at radius 3 is 3.09 bits per heavy atom. The first-order chi connectivity index (χ1) is 5.33. The van der Waals surface area contributed by atoms with Gasteiger partial charge >= 0.3 is 0 Å². The first-order valence-electron chi connectivity index (χ1n) is 3.74. The van der Waals surface area contributed by atoms with E-state index in [4.69, 9.17) is 5.73 Å². The number of aromatic nitrogens is 1. The van der Waals surface area contributed by atoms with E-state index in [2.05, 4.69) is 17.2 Å². The van der Waals surface area contributed by atoms with Crippen LogP contribution in [0.25, 0.3) is 0 Å². The third kappa shape index (κ3) is 2.55. The van der Waals surface area contributed by atoms with Crippen molar-refractivity contribution in [2.45, 2.75) is 13.5 Å². The van der Waals surface area contributed by atoms with Crippen molar-refractivity contribution in [2.24, 2.45) is 0 Å². The van der Waals surface area contributed by atoms with Gasteiger partial charge in [-0.15, -0.1) is 0 Å². The third-order valence-corrected chi connectivity index (χ3v) is 1.40. The molecule has 0 fully saturated rings. The minimum Gasteiger partial charge on any atom is -0.399 e. The van der Waals surface area contributed by atoms with Crippen LogP contribution < -0.4 is 11.1 Å². The largest absolute Gasteiger partial charge is 0.399 e. The first kappa shape index (κ1) is 8.01. The van der Waals surface area contributed by atoms with Gasteiger partial charge in [-0.3, -0.25) is 4.98 Å². The number of nitrogens with two attached hydrogens (primary N) is 1. The highest BCUT2D eigenvalue weighted by Crippen LogP contribution is 2.01. The van der Waals surface area contributed by atoms with Crippen LogP contribution in [0.2, 0.25) is 0 Å². The molecule has 11 heavy (non-hydrogen) atoms. The van der Waals surface area contributed by atoms with Crippen molar-refractivity contribution in [3.05, 3.63) is 24.0 Å². The minimum atomic E-state index is 0.771. The monoisotopic (exact) mass is 151 g/mol. The topological polar surface area (TPSA) is 50.9 Å². The number of anilines is 1. The maximum absolute atomic E-state index is 5.56. The maximum Gasteiger partial charge on any atom is 0.0562 e. The van der Waals surface area contributed by atoms with Crippen LogP contribution in [-0.4, -0.2) is 11.5 Å². The molecule has 3 N–H and O–H groups in total. The molecule has 3 nitrogen and oxygen atoms in total. The molecule has 1 aromatic heterocycles. The molecule has 0 aromatic carbocycles. The predicted molar refractivity (Wildman–Crippen MR) is 46.0 cm³/mol. The van der Waals surface area contributed by atoms with Crippen LogP contribution in [0.1, 0.15) is 12.6 Å². The molecule has 3 heteroatoms. The molecule has 0 spiro atoms. The van der Waals surface area contributed by atoms with Gasteiger partial charge in [0.1, 0.15) is 0 Å². The van der Waals surface area contributed by atoms with Gasteiger partial charge in [0, 0.05) is 18.4 Å². The summed E-state index contributed by atoms with van der Waals surface area (Å²) in [6, 6.07) is 3.66. The summed E-state index contributed by atoms with van der Waals surface area (Å²) in [5, 5.41) is 3.17. The van der Waals surface area contributed by atoms with Gasteiger partial charge in [-0.1, -0.05) is 6.92 Å². The van der Waals surface area contributed by atoms with E-state index in [0.29, 0.717) is 0 Å². The molecule has 0 atom stereocenters. The van der Waals surface area contributed by atoms with Crippen molar-refractivity contribution >= 4 is 5.69 Å². The Balaban J connectivity index is 2.56. The van der Waals surface area contributed by atoms with Gasteiger partial charge in [0.25, 0.3) is 0 Å². The molecule has 0 radical (unpaired) electrons. The van der Waals surface area contributed by atoms with Crippen molar-refractivity contribution in [3.63, 3.8) is 0 Å². The number of nitrogen functional groups attached to an aromatic ring is 1. The second-order valence-electron chi connectivity index (χ2n) is 2.36. The van der Waals surface area contributed by atoms with Gasteiger partial charge in [-0.2, -0.15) is 0 Å². The van der Waals surface area contributed by atoms with Crippen LogP contribution in [0.4, 0.5) is 5.69 Å². The van der Waals surface area contributed by atoms with E-state index in [0.717, 1.165) is 24.5 Å². The standard InChI is InChI=1S/C8H13N3/c1-2-10-6-8-5-7(9)3-4-11-8/h3-5,10H,2,6H2,1H3,(H2,9,11). The second kappa shape index (κ2) is 3.93. The van der Waals surface area contributed by atoms with Crippen LogP contribution in [0.3, 0.4) is 0 Å². The van der Waals surface area contributed by atoms with Gasteiger partial charge in [0.05, 0.1) is 5.69 Å². The lowest BCUT2D eigenvalue weighted by Crippen LogP contribution is -2.12. The molecule has 0 bridgehead atoms. The zero-order chi connectivity index (χ0) is 8.10. The fourth-order valence-corrected chi connectivity index (χ4v) is 0.847. The average molecular weight is 151 g/mol. The van der Waals surface area contributed by atoms with Crippen molar-refractivity contribution in [3.8, 4) is 0 Å². The highest BCUT2D eigenvalue weighted by atomic mass is 14.9. The van der Waals surface area contributed by atoms with Gasteiger partial charge in [0.15, 0.2) is 0 Å². The van der Waals surface area contributed by atoms with Crippen molar-refractivity contribution < 1.29 is 0 Å². The summed E-state index contributed by atoms with van der Waals surface area (Å²) in [7, 11) is 0. The summed E-state index contributed by atoms with van der Waals surface area (Å²) in [4.78, 5) is 4.13. The van der Waals surface area contributed by atoms with Crippen LogP contribution in [-0.2, 0) is 6.54 Å². The number of nitrogens with zero attached hydrogens (tertiary/aromatic N) is 1. The minimum absolute atomic E-state index is 0.771. The van der Waals surface area contributed by atoms with E-state index < -0.39 is 0 Å².